The summed E-state index contributed by atoms with van der Waals surface area (Å²) in [4.78, 5) is 0. The van der Waals surface area contributed by atoms with Crippen LogP contribution in [0.2, 0.25) is 0 Å². The molecule has 2 unspecified atom stereocenters. The SMILES string of the molecule is CC(C)CC(O)CNC1CCOc2ccccc21. The van der Waals surface area contributed by atoms with Gasteiger partial charge in [0, 0.05) is 24.6 Å². The van der Waals surface area contributed by atoms with Crippen LogP contribution in [0.5, 0.6) is 5.75 Å². The van der Waals surface area contributed by atoms with Crippen molar-refractivity contribution in [1.82, 2.24) is 5.32 Å². The third kappa shape index (κ3) is 3.47. The lowest BCUT2D eigenvalue weighted by molar-refractivity contribution is 0.138. The summed E-state index contributed by atoms with van der Waals surface area (Å²) in [6, 6.07) is 8.44. The first-order valence-electron chi connectivity index (χ1n) is 6.80. The summed E-state index contributed by atoms with van der Waals surface area (Å²) in [5.41, 5.74) is 1.21. The van der Waals surface area contributed by atoms with E-state index in [0.717, 1.165) is 25.2 Å². The summed E-state index contributed by atoms with van der Waals surface area (Å²) in [6.45, 7) is 5.66. The van der Waals surface area contributed by atoms with E-state index in [0.29, 0.717) is 18.5 Å². The van der Waals surface area contributed by atoms with Gasteiger partial charge in [0.25, 0.3) is 0 Å². The smallest absolute Gasteiger partial charge is 0.124 e. The number of rotatable bonds is 5. The lowest BCUT2D eigenvalue weighted by atomic mass is 9.99. The maximum atomic E-state index is 9.90. The fourth-order valence-electron chi connectivity index (χ4n) is 2.46. The zero-order valence-electron chi connectivity index (χ0n) is 11.2. The second-order valence-corrected chi connectivity index (χ2v) is 5.42. The molecule has 1 aromatic carbocycles. The highest BCUT2D eigenvalue weighted by Crippen LogP contribution is 2.31. The van der Waals surface area contributed by atoms with Gasteiger partial charge in [-0.25, -0.2) is 0 Å². The number of aliphatic hydroxyl groups is 1. The maximum Gasteiger partial charge on any atom is 0.124 e. The van der Waals surface area contributed by atoms with Crippen molar-refractivity contribution >= 4 is 0 Å². The van der Waals surface area contributed by atoms with Gasteiger partial charge in [0.1, 0.15) is 5.75 Å². The van der Waals surface area contributed by atoms with Crippen molar-refractivity contribution in [3.8, 4) is 5.75 Å². The van der Waals surface area contributed by atoms with Crippen LogP contribution in [-0.4, -0.2) is 24.4 Å². The van der Waals surface area contributed by atoms with Crippen LogP contribution in [0.1, 0.15) is 38.3 Å². The first kappa shape index (κ1) is 13.4. The van der Waals surface area contributed by atoms with Crippen LogP contribution in [-0.2, 0) is 0 Å². The van der Waals surface area contributed by atoms with E-state index in [1.807, 2.05) is 18.2 Å². The molecule has 2 rings (SSSR count). The van der Waals surface area contributed by atoms with Crippen LogP contribution < -0.4 is 10.1 Å². The summed E-state index contributed by atoms with van der Waals surface area (Å²) >= 11 is 0. The van der Waals surface area contributed by atoms with E-state index >= 15 is 0 Å². The van der Waals surface area contributed by atoms with Gasteiger partial charge in [-0.3, -0.25) is 0 Å². The minimum atomic E-state index is -0.264. The molecule has 0 saturated heterocycles. The highest BCUT2D eigenvalue weighted by molar-refractivity contribution is 5.37. The van der Waals surface area contributed by atoms with Crippen molar-refractivity contribution in [2.24, 2.45) is 5.92 Å². The highest BCUT2D eigenvalue weighted by atomic mass is 16.5. The van der Waals surface area contributed by atoms with Crippen LogP contribution in [0, 0.1) is 5.92 Å². The van der Waals surface area contributed by atoms with Gasteiger partial charge in [-0.15, -0.1) is 0 Å². The molecule has 0 radical (unpaired) electrons. The van der Waals surface area contributed by atoms with E-state index in [2.05, 4.69) is 25.2 Å². The van der Waals surface area contributed by atoms with Gasteiger partial charge in [0.2, 0.25) is 0 Å². The second kappa shape index (κ2) is 6.21. The quantitative estimate of drug-likeness (QED) is 0.842. The van der Waals surface area contributed by atoms with E-state index < -0.39 is 0 Å². The Balaban J connectivity index is 1.91. The normalized spacial score (nSPS) is 20.3. The van der Waals surface area contributed by atoms with Gasteiger partial charge in [-0.05, 0) is 18.4 Å². The number of nitrogens with one attached hydrogen (secondary N) is 1. The molecular weight excluding hydrogens is 226 g/mol. The van der Waals surface area contributed by atoms with Gasteiger partial charge in [-0.2, -0.15) is 0 Å². The largest absolute Gasteiger partial charge is 0.493 e. The molecule has 0 aliphatic carbocycles. The molecule has 100 valence electrons. The molecule has 1 aromatic rings. The third-order valence-electron chi connectivity index (χ3n) is 3.30. The Bertz CT molecular complexity index is 379. The monoisotopic (exact) mass is 249 g/mol. The number of ether oxygens (including phenoxy) is 1. The average Bonchev–Trinajstić information content (AvgIpc) is 2.35. The minimum Gasteiger partial charge on any atom is -0.493 e. The van der Waals surface area contributed by atoms with Crippen LogP contribution in [0.25, 0.3) is 0 Å². The number of hydrogen-bond acceptors (Lipinski definition) is 3. The predicted octanol–water partition coefficient (Wildman–Crippen LogP) is 2.51. The lowest BCUT2D eigenvalue weighted by Crippen LogP contribution is -2.33. The van der Waals surface area contributed by atoms with E-state index in [9.17, 15) is 5.11 Å². The molecule has 18 heavy (non-hydrogen) atoms. The summed E-state index contributed by atoms with van der Waals surface area (Å²) in [5, 5.41) is 13.4. The third-order valence-corrected chi connectivity index (χ3v) is 3.30. The van der Waals surface area contributed by atoms with Crippen LogP contribution in [0.3, 0.4) is 0 Å². The predicted molar refractivity (Wildman–Crippen MR) is 72.8 cm³/mol. The van der Waals surface area contributed by atoms with Crippen molar-refractivity contribution in [2.75, 3.05) is 13.2 Å². The van der Waals surface area contributed by atoms with E-state index in [1.54, 1.807) is 0 Å². The van der Waals surface area contributed by atoms with Gasteiger partial charge >= 0.3 is 0 Å². The number of para-hydroxylation sites is 1. The molecule has 1 aliphatic heterocycles. The molecular formula is C15H23NO2. The molecule has 1 heterocycles. The molecule has 1 aliphatic rings. The molecule has 0 aromatic heterocycles. The van der Waals surface area contributed by atoms with Crippen LogP contribution in [0.15, 0.2) is 24.3 Å². The fraction of sp³-hybridized carbons (Fsp3) is 0.600. The first-order chi connectivity index (χ1) is 8.66. The Labute approximate surface area is 109 Å². The molecule has 2 atom stereocenters. The fourth-order valence-corrected chi connectivity index (χ4v) is 2.46. The molecule has 2 N–H and O–H groups in total. The Morgan fingerprint density at radius 2 is 2.17 bits per heavy atom. The Morgan fingerprint density at radius 1 is 1.39 bits per heavy atom. The summed E-state index contributed by atoms with van der Waals surface area (Å²) in [7, 11) is 0. The number of aliphatic hydroxyl groups excluding tert-OH is 1. The van der Waals surface area contributed by atoms with Crippen molar-refractivity contribution in [3.05, 3.63) is 29.8 Å². The summed E-state index contributed by atoms with van der Waals surface area (Å²) in [5.74, 6) is 1.50. The molecule has 3 nitrogen and oxygen atoms in total. The van der Waals surface area contributed by atoms with Crippen molar-refractivity contribution in [2.45, 2.75) is 38.8 Å². The number of hydrogen-bond donors (Lipinski definition) is 2. The molecule has 0 spiro atoms. The lowest BCUT2D eigenvalue weighted by Gasteiger charge is -2.27. The average molecular weight is 249 g/mol. The molecule has 0 saturated carbocycles. The minimum absolute atomic E-state index is 0.264. The zero-order valence-corrected chi connectivity index (χ0v) is 11.2. The maximum absolute atomic E-state index is 9.90. The van der Waals surface area contributed by atoms with Crippen LogP contribution in [0.4, 0.5) is 0 Å². The Morgan fingerprint density at radius 3 is 2.94 bits per heavy atom. The molecule has 3 heteroatoms. The second-order valence-electron chi connectivity index (χ2n) is 5.42. The summed E-state index contributed by atoms with van der Waals surface area (Å²) < 4.78 is 5.62. The van der Waals surface area contributed by atoms with Gasteiger partial charge < -0.3 is 15.2 Å². The summed E-state index contributed by atoms with van der Waals surface area (Å²) in [6.07, 6.45) is 1.54. The van der Waals surface area contributed by atoms with E-state index in [-0.39, 0.29) is 6.10 Å². The Kier molecular flexibility index (Phi) is 4.61. The Hall–Kier alpha value is -1.06. The van der Waals surface area contributed by atoms with E-state index in [1.165, 1.54) is 5.56 Å². The van der Waals surface area contributed by atoms with Gasteiger partial charge in [-0.1, -0.05) is 32.0 Å². The topological polar surface area (TPSA) is 41.5 Å². The zero-order chi connectivity index (χ0) is 13.0. The molecule has 0 amide bonds. The number of benzene rings is 1. The van der Waals surface area contributed by atoms with Gasteiger partial charge in [0.15, 0.2) is 0 Å². The highest BCUT2D eigenvalue weighted by Gasteiger charge is 2.21. The molecule has 0 fully saturated rings. The molecule has 0 bridgehead atoms. The van der Waals surface area contributed by atoms with E-state index in [4.69, 9.17) is 4.74 Å². The van der Waals surface area contributed by atoms with Crippen molar-refractivity contribution in [1.29, 1.82) is 0 Å². The van der Waals surface area contributed by atoms with Crippen molar-refractivity contribution in [3.63, 3.8) is 0 Å². The number of fused-ring (bicyclic) bond motifs is 1. The van der Waals surface area contributed by atoms with Crippen LogP contribution >= 0.6 is 0 Å². The standard InChI is InChI=1S/C15H23NO2/c1-11(2)9-12(17)10-16-14-7-8-18-15-6-4-3-5-13(14)15/h3-6,11-12,14,16-17H,7-10H2,1-2H3. The van der Waals surface area contributed by atoms with Gasteiger partial charge in [0.05, 0.1) is 12.7 Å². The first-order valence-corrected chi connectivity index (χ1v) is 6.80. The van der Waals surface area contributed by atoms with Crippen molar-refractivity contribution < 1.29 is 9.84 Å².